The van der Waals surface area contributed by atoms with Gasteiger partial charge in [-0.15, -0.1) is 0 Å². The zero-order chi connectivity index (χ0) is 22.7. The van der Waals surface area contributed by atoms with E-state index in [0.29, 0.717) is 11.5 Å². The molecule has 0 aromatic heterocycles. The molecule has 2 N–H and O–H groups in total. The summed E-state index contributed by atoms with van der Waals surface area (Å²) in [4.78, 5) is 24.4. The number of amides is 2. The first-order valence-electron chi connectivity index (χ1n) is 9.68. The van der Waals surface area contributed by atoms with Crippen LogP contribution in [0.3, 0.4) is 0 Å². The lowest BCUT2D eigenvalue weighted by atomic mass is 10.2. The number of sulfonamides is 1. The van der Waals surface area contributed by atoms with Gasteiger partial charge in [0.25, 0.3) is 0 Å². The second-order valence-corrected chi connectivity index (χ2v) is 9.78. The van der Waals surface area contributed by atoms with Crippen molar-refractivity contribution in [2.24, 2.45) is 0 Å². The van der Waals surface area contributed by atoms with Crippen molar-refractivity contribution >= 4 is 37.8 Å². The molecule has 0 bridgehead atoms. The second kappa shape index (κ2) is 9.45. The van der Waals surface area contributed by atoms with Gasteiger partial charge < -0.3 is 24.8 Å². The Labute approximate surface area is 193 Å². The molecule has 2 aliphatic heterocycles. The molecule has 2 aromatic carbocycles. The molecule has 2 aromatic rings. The third-order valence-corrected chi connectivity index (χ3v) is 7.33. The number of ether oxygens (including phenoxy) is 3. The van der Waals surface area contributed by atoms with Gasteiger partial charge in [-0.25, -0.2) is 8.42 Å². The van der Waals surface area contributed by atoms with Gasteiger partial charge in [0.1, 0.15) is 6.23 Å². The molecular formula is C20H20BrN3O7S. The van der Waals surface area contributed by atoms with E-state index in [1.165, 1.54) is 16.4 Å². The van der Waals surface area contributed by atoms with Gasteiger partial charge in [-0.05, 0) is 42.0 Å². The van der Waals surface area contributed by atoms with Gasteiger partial charge in [-0.2, -0.15) is 4.31 Å². The van der Waals surface area contributed by atoms with Crippen LogP contribution in [0.1, 0.15) is 5.56 Å². The number of fused-ring (bicyclic) bond motifs is 1. The van der Waals surface area contributed by atoms with E-state index in [-0.39, 0.29) is 37.9 Å². The Kier molecular flexibility index (Phi) is 6.65. The predicted molar refractivity (Wildman–Crippen MR) is 115 cm³/mol. The van der Waals surface area contributed by atoms with Crippen LogP contribution >= 0.6 is 15.9 Å². The molecule has 0 unspecified atom stereocenters. The minimum atomic E-state index is -3.81. The molecule has 0 saturated carbocycles. The van der Waals surface area contributed by atoms with E-state index in [9.17, 15) is 18.0 Å². The lowest BCUT2D eigenvalue weighted by molar-refractivity contribution is -0.139. The van der Waals surface area contributed by atoms with E-state index in [2.05, 4.69) is 26.6 Å². The molecular weight excluding hydrogens is 506 g/mol. The number of hydrogen-bond acceptors (Lipinski definition) is 7. The Morgan fingerprint density at radius 2 is 1.75 bits per heavy atom. The van der Waals surface area contributed by atoms with Crippen molar-refractivity contribution in [3.8, 4) is 11.5 Å². The van der Waals surface area contributed by atoms with Gasteiger partial charge >= 0.3 is 11.8 Å². The third-order valence-electron chi connectivity index (χ3n) is 4.90. The van der Waals surface area contributed by atoms with Crippen molar-refractivity contribution in [2.45, 2.75) is 17.7 Å². The zero-order valence-corrected chi connectivity index (χ0v) is 19.1. The second-order valence-electron chi connectivity index (χ2n) is 6.98. The third kappa shape index (κ3) is 4.88. The lowest BCUT2D eigenvalue weighted by Gasteiger charge is -2.22. The summed E-state index contributed by atoms with van der Waals surface area (Å²) < 4.78 is 43.7. The first-order valence-corrected chi connectivity index (χ1v) is 11.9. The van der Waals surface area contributed by atoms with Crippen LogP contribution in [0.25, 0.3) is 0 Å². The van der Waals surface area contributed by atoms with E-state index >= 15 is 0 Å². The minimum Gasteiger partial charge on any atom is -0.454 e. The molecule has 0 spiro atoms. The van der Waals surface area contributed by atoms with E-state index in [1.54, 1.807) is 30.3 Å². The van der Waals surface area contributed by atoms with Crippen molar-refractivity contribution in [2.75, 3.05) is 26.5 Å². The average Bonchev–Trinajstić information content (AvgIpc) is 3.45. The summed E-state index contributed by atoms with van der Waals surface area (Å²) in [5, 5.41) is 4.94. The summed E-state index contributed by atoms with van der Waals surface area (Å²) >= 11 is 3.27. The van der Waals surface area contributed by atoms with Crippen LogP contribution in [0.15, 0.2) is 51.8 Å². The van der Waals surface area contributed by atoms with E-state index < -0.39 is 28.1 Å². The number of rotatable bonds is 6. The smallest absolute Gasteiger partial charge is 0.309 e. The Morgan fingerprint density at radius 3 is 2.53 bits per heavy atom. The van der Waals surface area contributed by atoms with Crippen LogP contribution in [0, 0.1) is 0 Å². The topological polar surface area (TPSA) is 123 Å². The van der Waals surface area contributed by atoms with Crippen LogP contribution in [0.5, 0.6) is 11.5 Å². The summed E-state index contributed by atoms with van der Waals surface area (Å²) in [5.41, 5.74) is 0.737. The summed E-state index contributed by atoms with van der Waals surface area (Å²) in [7, 11) is -3.81. The number of benzene rings is 2. The van der Waals surface area contributed by atoms with Gasteiger partial charge in [-0.1, -0.05) is 22.0 Å². The quantitative estimate of drug-likeness (QED) is 0.538. The molecule has 1 atom stereocenters. The van der Waals surface area contributed by atoms with Crippen LogP contribution in [0.4, 0.5) is 0 Å². The summed E-state index contributed by atoms with van der Waals surface area (Å²) in [5.74, 6) is -0.533. The van der Waals surface area contributed by atoms with E-state index in [1.807, 2.05) is 0 Å². The molecule has 10 nitrogen and oxygen atoms in total. The molecule has 0 aliphatic carbocycles. The van der Waals surface area contributed by atoms with Crippen molar-refractivity contribution in [1.82, 2.24) is 14.9 Å². The fraction of sp³-hybridized carbons (Fsp3) is 0.300. The van der Waals surface area contributed by atoms with E-state index in [0.717, 1.165) is 10.0 Å². The maximum Gasteiger partial charge on any atom is 0.309 e. The maximum absolute atomic E-state index is 12.9. The normalized spacial score (nSPS) is 17.8. The zero-order valence-electron chi connectivity index (χ0n) is 16.7. The molecule has 1 saturated heterocycles. The number of hydrogen-bond donors (Lipinski definition) is 2. The predicted octanol–water partition coefficient (Wildman–Crippen LogP) is 0.957. The van der Waals surface area contributed by atoms with Crippen LogP contribution < -0.4 is 20.1 Å². The number of nitrogens with one attached hydrogen (secondary N) is 2. The first-order chi connectivity index (χ1) is 15.3. The molecule has 4 rings (SSSR count). The average molecular weight is 526 g/mol. The largest absolute Gasteiger partial charge is 0.454 e. The van der Waals surface area contributed by atoms with Crippen molar-refractivity contribution in [3.05, 3.63) is 52.5 Å². The van der Waals surface area contributed by atoms with Crippen LogP contribution in [0.2, 0.25) is 0 Å². The number of carbonyl (C=O) groups is 2. The molecule has 170 valence electrons. The Morgan fingerprint density at radius 1 is 1.03 bits per heavy atom. The summed E-state index contributed by atoms with van der Waals surface area (Å²) in [6, 6.07) is 11.4. The fourth-order valence-electron chi connectivity index (χ4n) is 3.26. The van der Waals surface area contributed by atoms with Crippen molar-refractivity contribution in [3.63, 3.8) is 0 Å². The highest BCUT2D eigenvalue weighted by atomic mass is 79.9. The lowest BCUT2D eigenvalue weighted by Crippen LogP contribution is -2.47. The fourth-order valence-corrected chi connectivity index (χ4v) is 5.03. The molecule has 0 radical (unpaired) electrons. The number of carbonyl (C=O) groups excluding carboxylic acids is 2. The Balaban J connectivity index is 1.30. The summed E-state index contributed by atoms with van der Waals surface area (Å²) in [6.07, 6.45) is -0.908. The Hall–Kier alpha value is -2.67. The molecule has 12 heteroatoms. The number of halogens is 1. The molecule has 32 heavy (non-hydrogen) atoms. The van der Waals surface area contributed by atoms with Gasteiger partial charge in [0, 0.05) is 17.6 Å². The van der Waals surface area contributed by atoms with Crippen molar-refractivity contribution < 1.29 is 32.2 Å². The highest BCUT2D eigenvalue weighted by Crippen LogP contribution is 2.32. The standard InChI is InChI=1S/C20H20BrN3O7S/c21-14-2-4-15(5-3-14)32(27,28)24-7-8-29-18(24)11-23-20(26)19(25)22-10-13-1-6-16-17(9-13)31-12-30-16/h1-6,9,18H,7-8,10-12H2,(H,22,25)(H,23,26)/t18-/m0/s1. The van der Waals surface area contributed by atoms with Gasteiger partial charge in [-0.3, -0.25) is 9.59 Å². The van der Waals surface area contributed by atoms with Gasteiger partial charge in [0.15, 0.2) is 11.5 Å². The first kappa shape index (κ1) is 22.5. The van der Waals surface area contributed by atoms with Gasteiger partial charge in [0.05, 0.1) is 18.0 Å². The van der Waals surface area contributed by atoms with Crippen LogP contribution in [-0.2, 0) is 30.9 Å². The maximum atomic E-state index is 12.9. The minimum absolute atomic E-state index is 0.115. The SMILES string of the molecule is O=C(NCc1ccc2c(c1)OCO2)C(=O)NC[C@@H]1OCCN1S(=O)(=O)c1ccc(Br)cc1. The van der Waals surface area contributed by atoms with Crippen LogP contribution in [-0.4, -0.2) is 57.3 Å². The highest BCUT2D eigenvalue weighted by Gasteiger charge is 2.36. The van der Waals surface area contributed by atoms with Crippen molar-refractivity contribution in [1.29, 1.82) is 0 Å². The molecule has 2 aliphatic rings. The van der Waals surface area contributed by atoms with E-state index in [4.69, 9.17) is 14.2 Å². The molecule has 2 heterocycles. The molecule has 1 fully saturated rings. The van der Waals surface area contributed by atoms with Gasteiger partial charge in [0.2, 0.25) is 16.8 Å². The molecule has 2 amide bonds. The highest BCUT2D eigenvalue weighted by molar-refractivity contribution is 9.10. The summed E-state index contributed by atoms with van der Waals surface area (Å²) in [6.45, 7) is 0.437. The monoisotopic (exact) mass is 525 g/mol. The Bertz CT molecular complexity index is 1120. The number of nitrogens with zero attached hydrogens (tertiary/aromatic N) is 1.